The van der Waals surface area contributed by atoms with Crippen LogP contribution in [0.2, 0.25) is 0 Å². The highest BCUT2D eigenvalue weighted by Gasteiger charge is 2.19. The number of hydrogen-bond donors (Lipinski definition) is 2. The number of aromatic nitrogens is 2. The van der Waals surface area contributed by atoms with Gasteiger partial charge in [0, 0.05) is 19.6 Å². The van der Waals surface area contributed by atoms with Crippen LogP contribution >= 0.6 is 0 Å². The second-order valence-corrected chi connectivity index (χ2v) is 3.28. The van der Waals surface area contributed by atoms with Crippen LogP contribution in [0, 0.1) is 0 Å². The lowest BCUT2D eigenvalue weighted by molar-refractivity contribution is 0.121. The van der Waals surface area contributed by atoms with Crippen molar-refractivity contribution in [3.63, 3.8) is 0 Å². The summed E-state index contributed by atoms with van der Waals surface area (Å²) in [4.78, 5) is 6.01. The highest BCUT2D eigenvalue weighted by Crippen LogP contribution is 2.15. The molecule has 2 heterocycles. The second kappa shape index (κ2) is 4.56. The summed E-state index contributed by atoms with van der Waals surface area (Å²) >= 11 is 0. The van der Waals surface area contributed by atoms with Gasteiger partial charge in [-0.2, -0.15) is 4.98 Å². The van der Waals surface area contributed by atoms with E-state index in [9.17, 15) is 5.11 Å². The third-order valence-corrected chi connectivity index (χ3v) is 2.23. The fourth-order valence-corrected chi connectivity index (χ4v) is 1.35. The Kier molecular flexibility index (Phi) is 3.14. The molecule has 15 heavy (non-hydrogen) atoms. The van der Waals surface area contributed by atoms with E-state index in [1.807, 2.05) is 4.90 Å². The van der Waals surface area contributed by atoms with Gasteiger partial charge in [-0.3, -0.25) is 0 Å². The van der Waals surface area contributed by atoms with Gasteiger partial charge in [-0.05, 0) is 5.16 Å². The van der Waals surface area contributed by atoms with E-state index in [0.717, 1.165) is 13.1 Å². The Morgan fingerprint density at radius 2 is 2.20 bits per heavy atom. The molecule has 0 aliphatic carbocycles. The molecular weight excluding hydrogens is 200 g/mol. The number of anilines is 1. The average molecular weight is 214 g/mol. The number of ether oxygens (including phenoxy) is 1. The predicted molar refractivity (Wildman–Crippen MR) is 51.3 cm³/mol. The van der Waals surface area contributed by atoms with Gasteiger partial charge in [0.15, 0.2) is 0 Å². The van der Waals surface area contributed by atoms with Crippen molar-refractivity contribution in [2.45, 2.75) is 6.10 Å². The van der Waals surface area contributed by atoms with Gasteiger partial charge < -0.3 is 25.0 Å². The molecule has 7 nitrogen and oxygen atoms in total. The third kappa shape index (κ3) is 2.25. The second-order valence-electron chi connectivity index (χ2n) is 3.28. The van der Waals surface area contributed by atoms with Crippen molar-refractivity contribution in [2.75, 3.05) is 37.7 Å². The molecule has 1 aromatic rings. The number of aliphatic hydroxyl groups excluding tert-OH is 1. The maximum atomic E-state index is 9.38. The summed E-state index contributed by atoms with van der Waals surface area (Å²) in [6, 6.07) is 0. The molecular formula is C8H14N4O3. The summed E-state index contributed by atoms with van der Waals surface area (Å²) < 4.78 is 10.1. The summed E-state index contributed by atoms with van der Waals surface area (Å²) in [6.07, 6.45) is -0.882. The van der Waals surface area contributed by atoms with Gasteiger partial charge in [0.2, 0.25) is 0 Å². The Morgan fingerprint density at radius 3 is 2.87 bits per heavy atom. The van der Waals surface area contributed by atoms with E-state index < -0.39 is 6.10 Å². The van der Waals surface area contributed by atoms with Gasteiger partial charge in [0.1, 0.15) is 6.10 Å². The zero-order chi connectivity index (χ0) is 10.7. The first-order valence-corrected chi connectivity index (χ1v) is 4.85. The van der Waals surface area contributed by atoms with E-state index in [2.05, 4.69) is 10.1 Å². The Bertz CT molecular complexity index is 311. The van der Waals surface area contributed by atoms with Crippen LogP contribution in [-0.2, 0) is 4.74 Å². The van der Waals surface area contributed by atoms with Crippen LogP contribution in [-0.4, -0.2) is 48.1 Å². The quantitative estimate of drug-likeness (QED) is 0.658. The SMILES string of the molecule is NC[C@H](O)c1nc(N2CCOCC2)no1. The summed E-state index contributed by atoms with van der Waals surface area (Å²) in [5, 5.41) is 13.2. The van der Waals surface area contributed by atoms with Crippen molar-refractivity contribution in [3.8, 4) is 0 Å². The molecule has 0 saturated carbocycles. The van der Waals surface area contributed by atoms with Gasteiger partial charge >= 0.3 is 0 Å². The largest absolute Gasteiger partial charge is 0.382 e. The van der Waals surface area contributed by atoms with E-state index >= 15 is 0 Å². The molecule has 2 rings (SSSR count). The van der Waals surface area contributed by atoms with Crippen LogP contribution in [0.25, 0.3) is 0 Å². The molecule has 0 spiro atoms. The number of rotatable bonds is 3. The predicted octanol–water partition coefficient (Wildman–Crippen LogP) is -1.10. The van der Waals surface area contributed by atoms with Crippen molar-refractivity contribution < 1.29 is 14.4 Å². The van der Waals surface area contributed by atoms with Crippen LogP contribution < -0.4 is 10.6 Å². The number of nitrogens with two attached hydrogens (primary N) is 1. The molecule has 1 atom stereocenters. The topological polar surface area (TPSA) is 97.6 Å². The molecule has 1 aromatic heterocycles. The molecule has 7 heteroatoms. The van der Waals surface area contributed by atoms with Crippen LogP contribution in [0.15, 0.2) is 4.52 Å². The highest BCUT2D eigenvalue weighted by molar-refractivity contribution is 5.28. The van der Waals surface area contributed by atoms with Gasteiger partial charge in [-0.25, -0.2) is 0 Å². The molecule has 1 saturated heterocycles. The molecule has 1 fully saturated rings. The summed E-state index contributed by atoms with van der Waals surface area (Å²) in [5.41, 5.74) is 5.28. The smallest absolute Gasteiger partial charge is 0.266 e. The van der Waals surface area contributed by atoms with E-state index in [4.69, 9.17) is 15.0 Å². The fraction of sp³-hybridized carbons (Fsp3) is 0.750. The number of aliphatic hydroxyl groups is 1. The van der Waals surface area contributed by atoms with Crippen LogP contribution in [0.3, 0.4) is 0 Å². The minimum absolute atomic E-state index is 0.0742. The van der Waals surface area contributed by atoms with Crippen molar-refractivity contribution in [1.82, 2.24) is 10.1 Å². The first kappa shape index (κ1) is 10.3. The standard InChI is InChI=1S/C8H14N4O3/c9-5-6(13)7-10-8(11-15-7)12-1-3-14-4-2-12/h6,13H,1-5,9H2/t6-/m0/s1. The molecule has 0 amide bonds. The summed E-state index contributed by atoms with van der Waals surface area (Å²) in [7, 11) is 0. The minimum atomic E-state index is -0.882. The Balaban J connectivity index is 2.05. The number of nitrogens with zero attached hydrogens (tertiary/aromatic N) is 3. The lowest BCUT2D eigenvalue weighted by Gasteiger charge is -2.24. The first-order valence-electron chi connectivity index (χ1n) is 4.85. The maximum absolute atomic E-state index is 9.38. The molecule has 0 bridgehead atoms. The molecule has 0 radical (unpaired) electrons. The fourth-order valence-electron chi connectivity index (χ4n) is 1.35. The van der Waals surface area contributed by atoms with Crippen LogP contribution in [0.4, 0.5) is 5.95 Å². The molecule has 3 N–H and O–H groups in total. The van der Waals surface area contributed by atoms with E-state index in [0.29, 0.717) is 19.2 Å². The lowest BCUT2D eigenvalue weighted by Crippen LogP contribution is -2.36. The molecule has 1 aliphatic rings. The zero-order valence-electron chi connectivity index (χ0n) is 8.30. The Hall–Kier alpha value is -1.18. The monoisotopic (exact) mass is 214 g/mol. The van der Waals surface area contributed by atoms with Crippen molar-refractivity contribution in [3.05, 3.63) is 5.89 Å². The number of morpholine rings is 1. The minimum Gasteiger partial charge on any atom is -0.382 e. The van der Waals surface area contributed by atoms with Gasteiger partial charge in [0.05, 0.1) is 13.2 Å². The molecule has 84 valence electrons. The lowest BCUT2D eigenvalue weighted by atomic mass is 10.4. The molecule has 0 unspecified atom stereocenters. The van der Waals surface area contributed by atoms with E-state index in [1.165, 1.54) is 0 Å². The number of hydrogen-bond acceptors (Lipinski definition) is 7. The van der Waals surface area contributed by atoms with Crippen molar-refractivity contribution in [1.29, 1.82) is 0 Å². The van der Waals surface area contributed by atoms with Gasteiger partial charge in [0.25, 0.3) is 11.8 Å². The van der Waals surface area contributed by atoms with Crippen LogP contribution in [0.5, 0.6) is 0 Å². The van der Waals surface area contributed by atoms with E-state index in [-0.39, 0.29) is 12.4 Å². The molecule has 1 aliphatic heterocycles. The van der Waals surface area contributed by atoms with E-state index in [1.54, 1.807) is 0 Å². The summed E-state index contributed by atoms with van der Waals surface area (Å²) in [6.45, 7) is 2.85. The van der Waals surface area contributed by atoms with Crippen LogP contribution in [0.1, 0.15) is 12.0 Å². The highest BCUT2D eigenvalue weighted by atomic mass is 16.5. The van der Waals surface area contributed by atoms with Crippen molar-refractivity contribution in [2.24, 2.45) is 5.73 Å². The molecule has 0 aromatic carbocycles. The Labute approximate surface area is 86.8 Å². The van der Waals surface area contributed by atoms with Gasteiger partial charge in [-0.15, -0.1) is 0 Å². The summed E-state index contributed by atoms with van der Waals surface area (Å²) in [5.74, 6) is 0.653. The van der Waals surface area contributed by atoms with Crippen molar-refractivity contribution >= 4 is 5.95 Å². The third-order valence-electron chi connectivity index (χ3n) is 2.23. The Morgan fingerprint density at radius 1 is 1.47 bits per heavy atom. The zero-order valence-corrected chi connectivity index (χ0v) is 8.30. The average Bonchev–Trinajstić information content (AvgIpc) is 2.78. The van der Waals surface area contributed by atoms with Gasteiger partial charge in [-0.1, -0.05) is 0 Å². The normalized spacial score (nSPS) is 19.2. The first-order chi connectivity index (χ1) is 7.31. The maximum Gasteiger partial charge on any atom is 0.266 e.